The number of rotatable bonds is 0. The maximum absolute atomic E-state index is 6.25. The summed E-state index contributed by atoms with van der Waals surface area (Å²) in [5.41, 5.74) is 0. The van der Waals surface area contributed by atoms with Crippen LogP contribution in [0.2, 0.25) is 0 Å². The van der Waals surface area contributed by atoms with Crippen molar-refractivity contribution >= 4 is 0 Å². The van der Waals surface area contributed by atoms with Crippen LogP contribution >= 0.6 is 0 Å². The van der Waals surface area contributed by atoms with Crippen molar-refractivity contribution in [3.8, 4) is 0 Å². The third kappa shape index (κ3) is 87.3. The normalized spacial score (nSPS) is 0.667. The molecule has 1 radical (unpaired) electrons. The molecule has 0 aliphatic carbocycles. The summed E-state index contributed by atoms with van der Waals surface area (Å²) in [6, 6.07) is 0. The van der Waals surface area contributed by atoms with Crippen LogP contribution in [-0.4, -0.2) is 0 Å². The Labute approximate surface area is 48.9 Å². The fourth-order valence-corrected chi connectivity index (χ4v) is 0. The van der Waals surface area contributed by atoms with Gasteiger partial charge in [0.1, 0.15) is 0 Å². The molecule has 0 aromatic carbocycles. The molecule has 37 valence electrons. The van der Waals surface area contributed by atoms with E-state index in [0.29, 0.717) is 0 Å². The molecule has 0 aliphatic rings. The minimum Gasteiger partial charge on any atom is -0.512 e. The van der Waals surface area contributed by atoms with E-state index in [1.165, 1.54) is 0 Å². The fourth-order valence-electron chi connectivity index (χ4n) is 0. The molecule has 0 saturated carbocycles. The molecule has 0 heterocycles. The van der Waals surface area contributed by atoms with Gasteiger partial charge in [-0.1, -0.05) is 7.43 Å². The van der Waals surface area contributed by atoms with Crippen LogP contribution in [0.15, 0.2) is 0 Å². The molecule has 0 bridgehead atoms. The van der Waals surface area contributed by atoms with E-state index >= 15 is 0 Å². The Morgan fingerprint density at radius 1 is 0.833 bits per heavy atom. The third-order valence-corrected chi connectivity index (χ3v) is 0. The Morgan fingerprint density at radius 2 is 0.833 bits per heavy atom. The molecular weight excluding hydrogens is 128 g/mol. The maximum atomic E-state index is 6.25. The van der Waals surface area contributed by atoms with Crippen molar-refractivity contribution in [1.82, 2.24) is 0 Å². The van der Waals surface area contributed by atoms with Crippen LogP contribution < -0.4 is 0 Å². The van der Waals surface area contributed by atoms with E-state index in [0.717, 1.165) is 0 Å². The second-order valence-corrected chi connectivity index (χ2v) is 0. The second kappa shape index (κ2) is 220. The van der Waals surface area contributed by atoms with Crippen molar-refractivity contribution < 1.29 is 17.1 Å². The van der Waals surface area contributed by atoms with E-state index in [-0.39, 0.29) is 24.5 Å². The topological polar surface area (TPSA) is 47.6 Å². The van der Waals surface area contributed by atoms with E-state index in [4.69, 9.17) is 23.7 Å². The quantitative estimate of drug-likeness (QED) is 0.361. The zero-order chi connectivity index (χ0) is 4.00. The minimum atomic E-state index is 0. The summed E-state index contributed by atoms with van der Waals surface area (Å²) in [6.07, 6.45) is 0. The van der Waals surface area contributed by atoms with Gasteiger partial charge in [-0.15, -0.1) is 0 Å². The predicted molar refractivity (Wildman–Crippen MR) is 16.7 cm³/mol. The molecule has 0 rings (SSSR count). The molecule has 0 N–H and O–H groups in total. The van der Waals surface area contributed by atoms with E-state index < -0.39 is 0 Å². The molecule has 0 aliphatic heterocycles. The largest absolute Gasteiger partial charge is 2.00 e. The van der Waals surface area contributed by atoms with Gasteiger partial charge in [-0.25, -0.2) is 0 Å². The first-order valence-electron chi connectivity index (χ1n) is 0.447. The van der Waals surface area contributed by atoms with Crippen LogP contribution in [0.3, 0.4) is 0 Å². The van der Waals surface area contributed by atoms with Crippen LogP contribution in [0, 0.1) is 23.7 Å². The van der Waals surface area contributed by atoms with Crippen LogP contribution in [0.25, 0.3) is 0 Å². The van der Waals surface area contributed by atoms with Crippen molar-refractivity contribution in [3.63, 3.8) is 0 Å². The van der Waals surface area contributed by atoms with Gasteiger partial charge in [-0.2, -0.15) is 0 Å². The molecule has 0 aromatic rings. The van der Waals surface area contributed by atoms with E-state index in [1.54, 1.807) is 0 Å². The van der Waals surface area contributed by atoms with E-state index in [2.05, 4.69) is 0 Å². The van der Waals surface area contributed by atoms with E-state index in [9.17, 15) is 0 Å². The summed E-state index contributed by atoms with van der Waals surface area (Å²) >= 11 is 0. The van der Waals surface area contributed by atoms with Gasteiger partial charge >= 0.3 is 17.1 Å². The molecular formula is C3H4CuN2. The first-order chi connectivity index (χ1) is 2.00. The Balaban J connectivity index is -0.00000000500. The van der Waals surface area contributed by atoms with Crippen molar-refractivity contribution in [1.29, 1.82) is 10.5 Å². The fraction of sp³-hybridized carbons (Fsp3) is 0.333. The van der Waals surface area contributed by atoms with Crippen molar-refractivity contribution in [2.24, 2.45) is 0 Å². The summed E-state index contributed by atoms with van der Waals surface area (Å²) in [5.74, 6) is 0. The van der Waals surface area contributed by atoms with E-state index in [1.807, 2.05) is 0 Å². The molecule has 0 fully saturated rings. The first kappa shape index (κ1) is 49.5. The molecule has 0 amide bonds. The monoisotopic (exact) mass is 131 g/mol. The molecule has 0 unspecified atom stereocenters. The Bertz CT molecular complexity index is 24.3. The standard InChI is InChI=1S/2CN.CH4.Cu/c2*1-2;;/h;;1H4;/q2*-1;;+2. The van der Waals surface area contributed by atoms with Gasteiger partial charge in [0.25, 0.3) is 0 Å². The third-order valence-electron chi connectivity index (χ3n) is 0. The van der Waals surface area contributed by atoms with Gasteiger partial charge in [0.2, 0.25) is 0 Å². The molecule has 3 heteroatoms. The average Bonchev–Trinajstić information content (AvgIpc) is 1.50. The molecule has 2 nitrogen and oxygen atoms in total. The van der Waals surface area contributed by atoms with Crippen LogP contribution in [0.5, 0.6) is 0 Å². The van der Waals surface area contributed by atoms with Gasteiger partial charge in [-0.05, 0) is 0 Å². The van der Waals surface area contributed by atoms with Crippen molar-refractivity contribution in [3.05, 3.63) is 13.1 Å². The summed E-state index contributed by atoms with van der Waals surface area (Å²) in [6.45, 7) is 9.50. The SMILES string of the molecule is C.[C-]#N.[C-]#N.[Cu+2]. The first-order valence-corrected chi connectivity index (χ1v) is 0.447. The number of hydrogen-bond acceptors (Lipinski definition) is 2. The van der Waals surface area contributed by atoms with Crippen LogP contribution in [0.4, 0.5) is 0 Å². The summed E-state index contributed by atoms with van der Waals surface area (Å²) in [7, 11) is 0. The maximum Gasteiger partial charge on any atom is 2.00 e. The van der Waals surface area contributed by atoms with Crippen molar-refractivity contribution in [2.45, 2.75) is 7.43 Å². The Morgan fingerprint density at radius 3 is 0.833 bits per heavy atom. The number of hydrogen-bond donors (Lipinski definition) is 0. The van der Waals surface area contributed by atoms with Crippen LogP contribution in [0.1, 0.15) is 7.43 Å². The van der Waals surface area contributed by atoms with Gasteiger partial charge in [-0.3, -0.25) is 0 Å². The predicted octanol–water partition coefficient (Wildman–Crippen LogP) is 0.826. The number of nitrogens with zero attached hydrogens (tertiary/aromatic N) is 2. The van der Waals surface area contributed by atoms with Crippen LogP contribution in [-0.2, 0) is 17.1 Å². The van der Waals surface area contributed by atoms with Gasteiger partial charge in [0.05, 0.1) is 0 Å². The van der Waals surface area contributed by atoms with Gasteiger partial charge in [0.15, 0.2) is 0 Å². The zero-order valence-electron chi connectivity index (χ0n) is 2.20. The van der Waals surface area contributed by atoms with Crippen molar-refractivity contribution in [2.75, 3.05) is 0 Å². The molecule has 0 atom stereocenters. The summed E-state index contributed by atoms with van der Waals surface area (Å²) < 4.78 is 0. The molecule has 0 spiro atoms. The smallest absolute Gasteiger partial charge is 0.512 e. The van der Waals surface area contributed by atoms with Gasteiger partial charge < -0.3 is 23.7 Å². The van der Waals surface area contributed by atoms with Gasteiger partial charge in [0, 0.05) is 0 Å². The zero-order valence-corrected chi connectivity index (χ0v) is 3.14. The molecule has 0 saturated heterocycles. The summed E-state index contributed by atoms with van der Waals surface area (Å²) in [5, 5.41) is 12.5. The Hall–Kier alpha value is -0.501. The molecule has 0 aromatic heterocycles. The summed E-state index contributed by atoms with van der Waals surface area (Å²) in [4.78, 5) is 0. The Kier molecular flexibility index (Phi) is 1820. The minimum absolute atomic E-state index is 0. The second-order valence-electron chi connectivity index (χ2n) is 0. The molecule has 6 heavy (non-hydrogen) atoms. The average molecular weight is 132 g/mol.